The first kappa shape index (κ1) is 17.4. The first-order valence-electron chi connectivity index (χ1n) is 7.92. The second kappa shape index (κ2) is 6.84. The molecule has 4 nitrogen and oxygen atoms in total. The van der Waals surface area contributed by atoms with Gasteiger partial charge >= 0.3 is 5.97 Å². The van der Waals surface area contributed by atoms with Crippen LogP contribution < -0.4 is 5.32 Å². The Hall–Kier alpha value is -2.40. The van der Waals surface area contributed by atoms with Gasteiger partial charge in [-0.1, -0.05) is 30.2 Å². The standard InChI is InChI=1S/C19H17ClFNO3/c1-25-17(23)12-6-7-15(20)16(10-12)22-18(24)19(8-3-9-19)13-4-2-5-14(21)11-13/h2,4-7,10-11H,3,8-9H2,1H3,(H,22,24). The van der Waals surface area contributed by atoms with Crippen molar-refractivity contribution in [1.82, 2.24) is 0 Å². The van der Waals surface area contributed by atoms with Crippen molar-refractivity contribution in [2.75, 3.05) is 12.4 Å². The highest BCUT2D eigenvalue weighted by Crippen LogP contribution is 2.45. The normalized spacial score (nSPS) is 15.2. The minimum absolute atomic E-state index is 0.256. The Balaban J connectivity index is 1.90. The van der Waals surface area contributed by atoms with Gasteiger partial charge in [0.15, 0.2) is 0 Å². The average Bonchev–Trinajstić information content (AvgIpc) is 2.55. The molecule has 130 valence electrons. The number of esters is 1. The third-order valence-electron chi connectivity index (χ3n) is 4.65. The largest absolute Gasteiger partial charge is 0.465 e. The molecule has 25 heavy (non-hydrogen) atoms. The maximum Gasteiger partial charge on any atom is 0.337 e. The van der Waals surface area contributed by atoms with Crippen molar-refractivity contribution in [3.8, 4) is 0 Å². The van der Waals surface area contributed by atoms with Crippen LogP contribution in [0.5, 0.6) is 0 Å². The van der Waals surface area contributed by atoms with E-state index >= 15 is 0 Å². The molecule has 0 saturated heterocycles. The van der Waals surface area contributed by atoms with E-state index in [1.54, 1.807) is 12.1 Å². The highest BCUT2D eigenvalue weighted by Gasteiger charge is 2.45. The predicted octanol–water partition coefficient (Wildman–Crippen LogP) is 4.33. The Morgan fingerprint density at radius 1 is 1.20 bits per heavy atom. The van der Waals surface area contributed by atoms with E-state index < -0.39 is 11.4 Å². The topological polar surface area (TPSA) is 55.4 Å². The second-order valence-corrected chi connectivity index (χ2v) is 6.49. The van der Waals surface area contributed by atoms with E-state index in [1.165, 1.54) is 37.4 Å². The van der Waals surface area contributed by atoms with Crippen LogP contribution in [-0.2, 0) is 14.9 Å². The number of nitrogens with one attached hydrogen (secondary N) is 1. The molecule has 3 rings (SSSR count). The molecule has 2 aromatic carbocycles. The molecule has 0 atom stereocenters. The van der Waals surface area contributed by atoms with Crippen LogP contribution >= 0.6 is 11.6 Å². The van der Waals surface area contributed by atoms with Gasteiger partial charge in [-0.25, -0.2) is 9.18 Å². The second-order valence-electron chi connectivity index (χ2n) is 6.09. The van der Waals surface area contributed by atoms with E-state index in [9.17, 15) is 14.0 Å². The van der Waals surface area contributed by atoms with E-state index in [4.69, 9.17) is 11.6 Å². The van der Waals surface area contributed by atoms with Gasteiger partial charge in [0.2, 0.25) is 5.91 Å². The molecular weight excluding hydrogens is 345 g/mol. The molecule has 0 aromatic heterocycles. The van der Waals surface area contributed by atoms with Crippen LogP contribution in [0.15, 0.2) is 42.5 Å². The van der Waals surface area contributed by atoms with Crippen LogP contribution in [0, 0.1) is 5.82 Å². The van der Waals surface area contributed by atoms with Gasteiger partial charge < -0.3 is 10.1 Å². The zero-order valence-electron chi connectivity index (χ0n) is 13.6. The summed E-state index contributed by atoms with van der Waals surface area (Å²) in [6, 6.07) is 10.6. The smallest absolute Gasteiger partial charge is 0.337 e. The highest BCUT2D eigenvalue weighted by molar-refractivity contribution is 6.34. The van der Waals surface area contributed by atoms with Crippen molar-refractivity contribution in [1.29, 1.82) is 0 Å². The Morgan fingerprint density at radius 2 is 1.96 bits per heavy atom. The molecule has 1 fully saturated rings. The zero-order chi connectivity index (χ0) is 18.0. The van der Waals surface area contributed by atoms with E-state index in [-0.39, 0.29) is 17.3 Å². The molecule has 1 saturated carbocycles. The molecule has 1 amide bonds. The lowest BCUT2D eigenvalue weighted by atomic mass is 9.63. The molecule has 1 aliphatic carbocycles. The fourth-order valence-corrected chi connectivity index (χ4v) is 3.24. The third kappa shape index (κ3) is 3.24. The number of benzene rings is 2. The summed E-state index contributed by atoms with van der Waals surface area (Å²) in [7, 11) is 1.28. The third-order valence-corrected chi connectivity index (χ3v) is 4.98. The van der Waals surface area contributed by atoms with Gasteiger partial charge in [-0.3, -0.25) is 4.79 Å². The summed E-state index contributed by atoms with van der Waals surface area (Å²) >= 11 is 6.14. The number of anilines is 1. The molecule has 0 spiro atoms. The SMILES string of the molecule is COC(=O)c1ccc(Cl)c(NC(=O)C2(c3cccc(F)c3)CCC2)c1. The average molecular weight is 362 g/mol. The molecule has 0 heterocycles. The molecule has 1 aliphatic rings. The maximum atomic E-state index is 13.6. The Labute approximate surface area is 149 Å². The molecule has 0 bridgehead atoms. The van der Waals surface area contributed by atoms with Crippen molar-refractivity contribution >= 4 is 29.2 Å². The molecule has 0 radical (unpaired) electrons. The fourth-order valence-electron chi connectivity index (χ4n) is 3.07. The minimum Gasteiger partial charge on any atom is -0.465 e. The highest BCUT2D eigenvalue weighted by atomic mass is 35.5. The maximum absolute atomic E-state index is 13.6. The van der Waals surface area contributed by atoms with E-state index in [1.807, 2.05) is 0 Å². The summed E-state index contributed by atoms with van der Waals surface area (Å²) in [5, 5.41) is 3.10. The zero-order valence-corrected chi connectivity index (χ0v) is 14.4. The number of ether oxygens (including phenoxy) is 1. The number of amides is 1. The summed E-state index contributed by atoms with van der Waals surface area (Å²) < 4.78 is 18.3. The number of carbonyl (C=O) groups excluding carboxylic acids is 2. The Morgan fingerprint density at radius 3 is 2.56 bits per heavy atom. The molecule has 6 heteroatoms. The van der Waals surface area contributed by atoms with Crippen LogP contribution in [-0.4, -0.2) is 19.0 Å². The number of carbonyl (C=O) groups is 2. The summed E-state index contributed by atoms with van der Waals surface area (Å²) in [5.41, 5.74) is 0.497. The van der Waals surface area contributed by atoms with Gasteiger partial charge in [-0.05, 0) is 48.7 Å². The first-order valence-corrected chi connectivity index (χ1v) is 8.29. The van der Waals surface area contributed by atoms with Gasteiger partial charge in [0.25, 0.3) is 0 Å². The van der Waals surface area contributed by atoms with Crippen LogP contribution in [0.25, 0.3) is 0 Å². The lowest BCUT2D eigenvalue weighted by molar-refractivity contribution is -0.124. The van der Waals surface area contributed by atoms with Gasteiger partial charge in [0, 0.05) is 0 Å². The summed E-state index contributed by atoms with van der Waals surface area (Å²) in [4.78, 5) is 24.6. The van der Waals surface area contributed by atoms with Crippen LogP contribution in [0.2, 0.25) is 5.02 Å². The van der Waals surface area contributed by atoms with E-state index in [2.05, 4.69) is 10.1 Å². The molecular formula is C19H17ClFNO3. The van der Waals surface area contributed by atoms with Crippen LogP contribution in [0.4, 0.5) is 10.1 Å². The van der Waals surface area contributed by atoms with E-state index in [0.29, 0.717) is 29.1 Å². The van der Waals surface area contributed by atoms with Crippen molar-refractivity contribution in [2.24, 2.45) is 0 Å². The lowest BCUT2D eigenvalue weighted by Gasteiger charge is -2.40. The molecule has 0 aliphatic heterocycles. The van der Waals surface area contributed by atoms with Crippen LogP contribution in [0.1, 0.15) is 35.2 Å². The van der Waals surface area contributed by atoms with Gasteiger partial charge in [-0.2, -0.15) is 0 Å². The van der Waals surface area contributed by atoms with Gasteiger partial charge in [-0.15, -0.1) is 0 Å². The van der Waals surface area contributed by atoms with Crippen molar-refractivity contribution in [3.05, 3.63) is 64.4 Å². The quantitative estimate of drug-likeness (QED) is 0.825. The number of hydrogen-bond acceptors (Lipinski definition) is 3. The predicted molar refractivity (Wildman–Crippen MR) is 93.4 cm³/mol. The summed E-state index contributed by atoms with van der Waals surface area (Å²) in [6.45, 7) is 0. The first-order chi connectivity index (χ1) is 12.0. The fraction of sp³-hybridized carbons (Fsp3) is 0.263. The van der Waals surface area contributed by atoms with Crippen molar-refractivity contribution < 1.29 is 18.7 Å². The molecule has 0 unspecified atom stereocenters. The molecule has 1 N–H and O–H groups in total. The number of halogens is 2. The van der Waals surface area contributed by atoms with Gasteiger partial charge in [0.05, 0.1) is 28.8 Å². The number of rotatable bonds is 4. The Bertz CT molecular complexity index is 833. The van der Waals surface area contributed by atoms with Crippen molar-refractivity contribution in [2.45, 2.75) is 24.7 Å². The minimum atomic E-state index is -0.771. The molecule has 2 aromatic rings. The van der Waals surface area contributed by atoms with Crippen molar-refractivity contribution in [3.63, 3.8) is 0 Å². The summed E-state index contributed by atoms with van der Waals surface area (Å²) in [5.74, 6) is -1.15. The van der Waals surface area contributed by atoms with E-state index in [0.717, 1.165) is 6.42 Å². The van der Waals surface area contributed by atoms with Gasteiger partial charge in [0.1, 0.15) is 5.82 Å². The summed E-state index contributed by atoms with van der Waals surface area (Å²) in [6.07, 6.45) is 2.16. The number of hydrogen-bond donors (Lipinski definition) is 1. The van der Waals surface area contributed by atoms with Crippen LogP contribution in [0.3, 0.4) is 0 Å². The lowest BCUT2D eigenvalue weighted by Crippen LogP contribution is -2.46. The Kier molecular flexibility index (Phi) is 4.77. The monoisotopic (exact) mass is 361 g/mol. The number of methoxy groups -OCH3 is 1.